The number of ether oxygens (including phenoxy) is 1. The average molecular weight is 354 g/mol. The topological polar surface area (TPSA) is 37.7 Å². The number of nitrogens with zero attached hydrogens (tertiary/aromatic N) is 3. The van der Waals surface area contributed by atoms with Crippen molar-refractivity contribution >= 4 is 28.0 Å². The van der Waals surface area contributed by atoms with Crippen molar-refractivity contribution in [3.63, 3.8) is 0 Å². The first-order chi connectivity index (χ1) is 9.99. The van der Waals surface area contributed by atoms with Crippen LogP contribution in [-0.4, -0.2) is 35.9 Å². The molecule has 0 unspecified atom stereocenters. The first-order valence-corrected chi connectivity index (χ1v) is 8.37. The van der Waals surface area contributed by atoms with Gasteiger partial charge in [0.2, 0.25) is 5.88 Å². The second-order valence-electron chi connectivity index (χ2n) is 5.86. The van der Waals surface area contributed by atoms with Gasteiger partial charge in [-0.05, 0) is 61.0 Å². The second-order valence-corrected chi connectivity index (χ2v) is 6.71. The lowest BCUT2D eigenvalue weighted by molar-refractivity contribution is 0.195. The molecule has 0 aromatic carbocycles. The van der Waals surface area contributed by atoms with Crippen LogP contribution in [0.2, 0.25) is 0 Å². The van der Waals surface area contributed by atoms with Gasteiger partial charge in [0, 0.05) is 13.6 Å². The summed E-state index contributed by atoms with van der Waals surface area (Å²) in [6, 6.07) is 1.98. The Morgan fingerprint density at radius 2 is 2.29 bits per heavy atom. The first kappa shape index (κ1) is 16.3. The van der Waals surface area contributed by atoms with Gasteiger partial charge in [-0.15, -0.1) is 0 Å². The molecule has 0 saturated heterocycles. The Kier molecular flexibility index (Phi) is 5.62. The molecule has 116 valence electrons. The van der Waals surface area contributed by atoms with E-state index in [4.69, 9.17) is 4.74 Å². The van der Waals surface area contributed by atoms with E-state index < -0.39 is 0 Å². The van der Waals surface area contributed by atoms with Crippen molar-refractivity contribution in [2.45, 2.75) is 46.1 Å². The average Bonchev–Trinajstić information content (AvgIpc) is 2.86. The molecule has 0 amide bonds. The van der Waals surface area contributed by atoms with Crippen LogP contribution in [0.3, 0.4) is 0 Å². The van der Waals surface area contributed by atoms with Gasteiger partial charge in [-0.3, -0.25) is 0 Å². The van der Waals surface area contributed by atoms with Crippen LogP contribution in [0.1, 0.15) is 38.8 Å². The zero-order valence-corrected chi connectivity index (χ0v) is 14.9. The summed E-state index contributed by atoms with van der Waals surface area (Å²) in [5.41, 5.74) is 1.76. The van der Waals surface area contributed by atoms with E-state index in [1.54, 1.807) is 0 Å². The maximum absolute atomic E-state index is 6.04. The van der Waals surface area contributed by atoms with E-state index in [-0.39, 0.29) is 0 Å². The summed E-state index contributed by atoms with van der Waals surface area (Å²) in [6.45, 7) is 7.26. The third-order valence-corrected chi connectivity index (χ3v) is 4.49. The molecule has 4 nitrogen and oxygen atoms in total. The van der Waals surface area contributed by atoms with Crippen molar-refractivity contribution < 1.29 is 4.74 Å². The second kappa shape index (κ2) is 7.25. The summed E-state index contributed by atoms with van der Waals surface area (Å²) in [5, 5.41) is 0. The smallest absolute Gasteiger partial charge is 0.228 e. The van der Waals surface area contributed by atoms with Gasteiger partial charge in [0.25, 0.3) is 0 Å². The highest BCUT2D eigenvalue weighted by atomic mass is 79.9. The van der Waals surface area contributed by atoms with Crippen molar-refractivity contribution in [1.82, 2.24) is 9.88 Å². The van der Waals surface area contributed by atoms with E-state index in [1.807, 2.05) is 31.3 Å². The van der Waals surface area contributed by atoms with Crippen molar-refractivity contribution in [3.05, 3.63) is 16.2 Å². The number of rotatable bonds is 5. The lowest BCUT2D eigenvalue weighted by Gasteiger charge is -2.15. The van der Waals surface area contributed by atoms with Gasteiger partial charge in [-0.2, -0.15) is 0 Å². The van der Waals surface area contributed by atoms with Gasteiger partial charge >= 0.3 is 0 Å². The van der Waals surface area contributed by atoms with E-state index in [0.717, 1.165) is 41.2 Å². The fourth-order valence-electron chi connectivity index (χ4n) is 2.42. The number of aliphatic imine (C=N–C) groups is 1. The highest BCUT2D eigenvalue weighted by Crippen LogP contribution is 2.34. The molecule has 1 aliphatic rings. The lowest BCUT2D eigenvalue weighted by Crippen LogP contribution is -2.14. The Hall–Kier alpha value is -1.10. The number of aryl methyl sites for hydroxylation is 1. The zero-order valence-electron chi connectivity index (χ0n) is 13.3. The molecule has 0 aliphatic heterocycles. The van der Waals surface area contributed by atoms with Crippen LogP contribution in [0.25, 0.3) is 0 Å². The fourth-order valence-corrected chi connectivity index (χ4v) is 2.82. The molecule has 1 aliphatic carbocycles. The molecule has 1 aromatic rings. The molecule has 0 radical (unpaired) electrons. The van der Waals surface area contributed by atoms with Crippen LogP contribution < -0.4 is 4.74 Å². The number of halogens is 1. The van der Waals surface area contributed by atoms with Crippen molar-refractivity contribution in [3.8, 4) is 5.88 Å². The molecule has 1 fully saturated rings. The summed E-state index contributed by atoms with van der Waals surface area (Å²) in [6.07, 6.45) is 5.61. The quantitative estimate of drug-likeness (QED) is 0.583. The largest absolute Gasteiger partial charge is 0.474 e. The Morgan fingerprint density at radius 3 is 2.90 bits per heavy atom. The van der Waals surface area contributed by atoms with E-state index in [9.17, 15) is 0 Å². The Labute approximate surface area is 135 Å². The Balaban J connectivity index is 2.11. The number of pyridine rings is 1. The summed E-state index contributed by atoms with van der Waals surface area (Å²) in [7, 11) is 2.00. The highest BCUT2D eigenvalue weighted by Gasteiger charge is 2.24. The molecule has 0 bridgehead atoms. The minimum absolute atomic E-state index is 0.295. The van der Waals surface area contributed by atoms with Gasteiger partial charge in [0.15, 0.2) is 0 Å². The molecule has 0 spiro atoms. The third kappa shape index (κ3) is 4.43. The van der Waals surface area contributed by atoms with Crippen molar-refractivity contribution in [2.75, 3.05) is 13.6 Å². The third-order valence-electron chi connectivity index (χ3n) is 3.93. The van der Waals surface area contributed by atoms with E-state index in [1.165, 1.54) is 6.42 Å². The molecule has 5 heteroatoms. The van der Waals surface area contributed by atoms with Crippen LogP contribution in [0, 0.1) is 12.8 Å². The number of hydrogen-bond acceptors (Lipinski definition) is 3. The summed E-state index contributed by atoms with van der Waals surface area (Å²) >= 11 is 3.55. The summed E-state index contributed by atoms with van der Waals surface area (Å²) in [5.74, 6) is 1.44. The molecule has 1 aromatic heterocycles. The zero-order chi connectivity index (χ0) is 15.4. The molecule has 1 heterocycles. The number of hydrogen-bond donors (Lipinski definition) is 0. The molecule has 1 saturated carbocycles. The molecular weight excluding hydrogens is 330 g/mol. The predicted molar refractivity (Wildman–Crippen MR) is 90.6 cm³/mol. The molecule has 21 heavy (non-hydrogen) atoms. The molecular formula is C16H24BrN3O. The fraction of sp³-hybridized carbons (Fsp3) is 0.625. The predicted octanol–water partition coefficient (Wildman–Crippen LogP) is 4.33. The maximum atomic E-state index is 6.04. The molecule has 2 rings (SSSR count). The van der Waals surface area contributed by atoms with E-state index >= 15 is 0 Å². The Bertz CT molecular complexity index is 518. The van der Waals surface area contributed by atoms with Crippen LogP contribution in [-0.2, 0) is 0 Å². The van der Waals surface area contributed by atoms with Crippen LogP contribution in [0.4, 0.5) is 5.69 Å². The Morgan fingerprint density at radius 1 is 1.52 bits per heavy atom. The highest BCUT2D eigenvalue weighted by molar-refractivity contribution is 9.10. The van der Waals surface area contributed by atoms with Gasteiger partial charge < -0.3 is 9.64 Å². The van der Waals surface area contributed by atoms with Gasteiger partial charge in [0.1, 0.15) is 6.10 Å². The van der Waals surface area contributed by atoms with Crippen LogP contribution in [0.5, 0.6) is 5.88 Å². The molecule has 0 N–H and O–H groups in total. The number of aromatic nitrogens is 1. The van der Waals surface area contributed by atoms with Crippen LogP contribution in [0.15, 0.2) is 15.5 Å². The minimum Gasteiger partial charge on any atom is -0.474 e. The first-order valence-electron chi connectivity index (χ1n) is 7.57. The minimum atomic E-state index is 0.295. The monoisotopic (exact) mass is 353 g/mol. The van der Waals surface area contributed by atoms with Crippen LogP contribution >= 0.6 is 15.9 Å². The van der Waals surface area contributed by atoms with Crippen molar-refractivity contribution in [2.24, 2.45) is 10.9 Å². The lowest BCUT2D eigenvalue weighted by atomic mass is 10.1. The van der Waals surface area contributed by atoms with Gasteiger partial charge in [0.05, 0.1) is 22.2 Å². The standard InChI is InChI=1S/C16H24BrN3O/c1-5-20(4)10-18-15-9-14(17)16(19-12(15)3)21-13-7-6-11(2)8-13/h9-11,13H,5-8H2,1-4H3/t11-,13-/m1/s1. The van der Waals surface area contributed by atoms with Crippen molar-refractivity contribution in [1.29, 1.82) is 0 Å². The van der Waals surface area contributed by atoms with E-state index in [0.29, 0.717) is 12.0 Å². The van der Waals surface area contributed by atoms with Gasteiger partial charge in [-0.1, -0.05) is 6.92 Å². The maximum Gasteiger partial charge on any atom is 0.228 e. The van der Waals surface area contributed by atoms with Gasteiger partial charge in [-0.25, -0.2) is 9.98 Å². The summed E-state index contributed by atoms with van der Waals surface area (Å²) in [4.78, 5) is 11.1. The molecule has 2 atom stereocenters. The summed E-state index contributed by atoms with van der Waals surface area (Å²) < 4.78 is 6.91. The van der Waals surface area contributed by atoms with E-state index in [2.05, 4.69) is 39.8 Å². The normalized spacial score (nSPS) is 22.0. The SMILES string of the molecule is CCN(C)C=Nc1cc(Br)c(O[C@@H]2CC[C@@H](C)C2)nc1C.